The summed E-state index contributed by atoms with van der Waals surface area (Å²) >= 11 is 3.19. The number of benzene rings is 1. The summed E-state index contributed by atoms with van der Waals surface area (Å²) in [5.74, 6) is -1.90. The van der Waals surface area contributed by atoms with E-state index in [1.807, 2.05) is 0 Å². The first-order valence-electron chi connectivity index (χ1n) is 6.34. The van der Waals surface area contributed by atoms with Gasteiger partial charge in [0.15, 0.2) is 0 Å². The number of rotatable bonds is 5. The Labute approximate surface area is 128 Å². The van der Waals surface area contributed by atoms with E-state index < -0.39 is 11.8 Å². The van der Waals surface area contributed by atoms with Crippen LogP contribution in [0, 0.1) is 11.7 Å². The number of carboxylic acids is 1. The van der Waals surface area contributed by atoms with Gasteiger partial charge in [0.1, 0.15) is 11.5 Å². The Morgan fingerprint density at radius 2 is 2.14 bits per heavy atom. The number of aliphatic carboxylic acids is 1. The van der Waals surface area contributed by atoms with E-state index in [1.165, 1.54) is 12.1 Å². The highest BCUT2D eigenvalue weighted by Gasteiger charge is 2.14. The molecule has 2 aromatic rings. The van der Waals surface area contributed by atoms with Gasteiger partial charge in [0.05, 0.1) is 5.52 Å². The lowest BCUT2D eigenvalue weighted by atomic mass is 10.1. The summed E-state index contributed by atoms with van der Waals surface area (Å²) in [7, 11) is 0. The minimum Gasteiger partial charge on any atom is -0.481 e. The molecule has 1 unspecified atom stereocenters. The number of aromatic nitrogens is 1. The monoisotopic (exact) mass is 356 g/mol. The second-order valence-corrected chi connectivity index (χ2v) is 5.86. The molecule has 21 heavy (non-hydrogen) atoms. The van der Waals surface area contributed by atoms with Gasteiger partial charge in [-0.05, 0) is 24.1 Å². The number of carboxylic acid groups (broad SMARTS) is 1. The summed E-state index contributed by atoms with van der Waals surface area (Å²) in [6.07, 6.45) is -0.0193. The number of fused-ring (bicyclic) bond motifs is 1. The maximum absolute atomic E-state index is 13.7. The van der Waals surface area contributed by atoms with Gasteiger partial charge >= 0.3 is 5.97 Å². The van der Waals surface area contributed by atoms with Crippen LogP contribution < -0.4 is 5.32 Å². The molecule has 2 rings (SSSR count). The number of carbonyl (C=O) groups is 2. The van der Waals surface area contributed by atoms with Gasteiger partial charge in [-0.3, -0.25) is 9.59 Å². The van der Waals surface area contributed by atoms with Crippen LogP contribution in [-0.2, 0) is 4.79 Å². The number of amides is 1. The first-order chi connectivity index (χ1) is 9.86. The van der Waals surface area contributed by atoms with Crippen molar-refractivity contribution >= 4 is 38.7 Å². The van der Waals surface area contributed by atoms with Gasteiger partial charge in [-0.1, -0.05) is 22.9 Å². The largest absolute Gasteiger partial charge is 0.481 e. The fourth-order valence-electron chi connectivity index (χ4n) is 2.02. The molecule has 0 aliphatic carbocycles. The zero-order valence-corrected chi connectivity index (χ0v) is 12.8. The van der Waals surface area contributed by atoms with Crippen LogP contribution in [0.4, 0.5) is 4.39 Å². The average Bonchev–Trinajstić information content (AvgIpc) is 2.79. The van der Waals surface area contributed by atoms with Crippen molar-refractivity contribution < 1.29 is 19.1 Å². The Balaban J connectivity index is 2.09. The molecule has 5 nitrogen and oxygen atoms in total. The van der Waals surface area contributed by atoms with Crippen LogP contribution >= 0.6 is 15.9 Å². The standard InChI is InChI=1S/C14H14BrFN2O3/c1-7(2-13(19)20)6-17-14(21)12-5-9-10(16)3-8(15)4-11(9)18-12/h3-5,7,18H,2,6H2,1H3,(H,17,21)(H,19,20). The summed E-state index contributed by atoms with van der Waals surface area (Å²) in [6.45, 7) is 1.98. The molecule has 0 fully saturated rings. The van der Waals surface area contributed by atoms with E-state index in [0.29, 0.717) is 15.4 Å². The number of H-pyrrole nitrogens is 1. The first kappa shape index (κ1) is 15.5. The second kappa shape index (κ2) is 6.26. The maximum atomic E-state index is 13.7. The molecule has 112 valence electrons. The minimum atomic E-state index is -0.908. The van der Waals surface area contributed by atoms with E-state index in [1.54, 1.807) is 13.0 Å². The van der Waals surface area contributed by atoms with Gasteiger partial charge in [-0.15, -0.1) is 0 Å². The van der Waals surface area contributed by atoms with E-state index in [-0.39, 0.29) is 30.5 Å². The predicted molar refractivity (Wildman–Crippen MR) is 79.7 cm³/mol. The lowest BCUT2D eigenvalue weighted by Crippen LogP contribution is -2.29. The Bertz CT molecular complexity index is 699. The van der Waals surface area contributed by atoms with Crippen molar-refractivity contribution in [2.45, 2.75) is 13.3 Å². The van der Waals surface area contributed by atoms with Crippen molar-refractivity contribution in [3.05, 3.63) is 34.2 Å². The summed E-state index contributed by atoms with van der Waals surface area (Å²) in [6, 6.07) is 4.45. The van der Waals surface area contributed by atoms with Gasteiger partial charge in [0.25, 0.3) is 5.91 Å². The van der Waals surface area contributed by atoms with Crippen LogP contribution in [0.1, 0.15) is 23.8 Å². The maximum Gasteiger partial charge on any atom is 0.303 e. The van der Waals surface area contributed by atoms with Crippen molar-refractivity contribution in [2.24, 2.45) is 5.92 Å². The Hall–Kier alpha value is -1.89. The highest BCUT2D eigenvalue weighted by molar-refractivity contribution is 9.10. The smallest absolute Gasteiger partial charge is 0.303 e. The molecule has 1 atom stereocenters. The fourth-order valence-corrected chi connectivity index (χ4v) is 2.45. The molecule has 0 saturated carbocycles. The summed E-state index contributed by atoms with van der Waals surface area (Å²) in [4.78, 5) is 25.4. The van der Waals surface area contributed by atoms with E-state index in [4.69, 9.17) is 5.11 Å². The third-order valence-electron chi connectivity index (χ3n) is 3.03. The number of halogens is 2. The van der Waals surface area contributed by atoms with Crippen molar-refractivity contribution in [1.82, 2.24) is 10.3 Å². The lowest BCUT2D eigenvalue weighted by molar-refractivity contribution is -0.137. The molecule has 1 heterocycles. The summed E-state index contributed by atoms with van der Waals surface area (Å²) in [5.41, 5.74) is 0.759. The first-order valence-corrected chi connectivity index (χ1v) is 7.14. The Morgan fingerprint density at radius 1 is 1.43 bits per heavy atom. The van der Waals surface area contributed by atoms with Gasteiger partial charge in [-0.25, -0.2) is 4.39 Å². The van der Waals surface area contributed by atoms with Gasteiger partial charge in [-0.2, -0.15) is 0 Å². The molecule has 1 aromatic heterocycles. The molecule has 0 saturated heterocycles. The minimum absolute atomic E-state index is 0.0193. The molecule has 1 aromatic carbocycles. The topological polar surface area (TPSA) is 82.2 Å². The van der Waals surface area contributed by atoms with E-state index in [2.05, 4.69) is 26.2 Å². The number of hydrogen-bond donors (Lipinski definition) is 3. The van der Waals surface area contributed by atoms with Gasteiger partial charge in [0.2, 0.25) is 0 Å². The van der Waals surface area contributed by atoms with Crippen LogP contribution in [0.15, 0.2) is 22.7 Å². The quantitative estimate of drug-likeness (QED) is 0.770. The Morgan fingerprint density at radius 3 is 2.81 bits per heavy atom. The highest BCUT2D eigenvalue weighted by atomic mass is 79.9. The van der Waals surface area contributed by atoms with Crippen molar-refractivity contribution in [3.8, 4) is 0 Å². The molecular formula is C14H14BrFN2O3. The lowest BCUT2D eigenvalue weighted by Gasteiger charge is -2.09. The van der Waals surface area contributed by atoms with E-state index >= 15 is 0 Å². The van der Waals surface area contributed by atoms with Crippen LogP contribution in [0.2, 0.25) is 0 Å². The van der Waals surface area contributed by atoms with Crippen molar-refractivity contribution in [1.29, 1.82) is 0 Å². The van der Waals surface area contributed by atoms with Gasteiger partial charge in [0, 0.05) is 22.8 Å². The zero-order valence-electron chi connectivity index (χ0n) is 11.2. The number of hydrogen-bond acceptors (Lipinski definition) is 2. The summed E-state index contributed by atoms with van der Waals surface area (Å²) in [5, 5.41) is 11.6. The highest BCUT2D eigenvalue weighted by Crippen LogP contribution is 2.23. The summed E-state index contributed by atoms with van der Waals surface area (Å²) < 4.78 is 14.3. The molecule has 1 amide bonds. The second-order valence-electron chi connectivity index (χ2n) is 4.94. The molecule has 7 heteroatoms. The van der Waals surface area contributed by atoms with Crippen molar-refractivity contribution in [3.63, 3.8) is 0 Å². The van der Waals surface area contributed by atoms with E-state index in [9.17, 15) is 14.0 Å². The fraction of sp³-hybridized carbons (Fsp3) is 0.286. The normalized spacial score (nSPS) is 12.3. The molecule has 0 radical (unpaired) electrons. The number of nitrogens with one attached hydrogen (secondary N) is 2. The van der Waals surface area contributed by atoms with Gasteiger partial charge < -0.3 is 15.4 Å². The third-order valence-corrected chi connectivity index (χ3v) is 3.49. The number of aromatic amines is 1. The van der Waals surface area contributed by atoms with Crippen LogP contribution in [-0.4, -0.2) is 28.5 Å². The SMILES string of the molecule is CC(CNC(=O)c1cc2c(F)cc(Br)cc2[nH]1)CC(=O)O. The zero-order chi connectivity index (χ0) is 15.6. The molecular weight excluding hydrogens is 343 g/mol. The van der Waals surface area contributed by atoms with Crippen molar-refractivity contribution in [2.75, 3.05) is 6.54 Å². The Kier molecular flexibility index (Phi) is 4.62. The van der Waals surface area contributed by atoms with Crippen LogP contribution in [0.3, 0.4) is 0 Å². The molecule has 0 aliphatic rings. The average molecular weight is 357 g/mol. The van der Waals surface area contributed by atoms with E-state index in [0.717, 1.165) is 0 Å². The molecule has 3 N–H and O–H groups in total. The van der Waals surface area contributed by atoms with Crippen LogP contribution in [0.5, 0.6) is 0 Å². The molecule has 0 bridgehead atoms. The van der Waals surface area contributed by atoms with Crippen LogP contribution in [0.25, 0.3) is 10.9 Å². The third kappa shape index (κ3) is 3.81. The number of carbonyl (C=O) groups excluding carboxylic acids is 1. The molecule has 0 spiro atoms. The predicted octanol–water partition coefficient (Wildman–Crippen LogP) is 2.91. The molecule has 0 aliphatic heterocycles.